The van der Waals surface area contributed by atoms with Gasteiger partial charge in [0.15, 0.2) is 0 Å². The number of methoxy groups -OCH3 is 1. The zero-order valence-corrected chi connectivity index (χ0v) is 24.6. The highest BCUT2D eigenvalue weighted by Gasteiger charge is 2.15. The third-order valence-electron chi connectivity index (χ3n) is 6.66. The number of ether oxygens (including phenoxy) is 1. The number of sulfonamides is 1. The lowest BCUT2D eigenvalue weighted by atomic mass is 10.0. The fourth-order valence-corrected chi connectivity index (χ4v) is 4.92. The number of primary sulfonamides is 1. The highest BCUT2D eigenvalue weighted by molar-refractivity contribution is 7.89. The molecular formula is C33H34N4O5S. The third-order valence-corrected chi connectivity index (χ3v) is 7.59. The Morgan fingerprint density at radius 1 is 0.860 bits per heavy atom. The Hall–Kier alpha value is -4.77. The van der Waals surface area contributed by atoms with E-state index in [9.17, 15) is 18.0 Å². The molecular weight excluding hydrogens is 564 g/mol. The second-order valence-corrected chi connectivity index (χ2v) is 11.4. The number of nitrogens with zero attached hydrogens (tertiary/aromatic N) is 1. The fourth-order valence-electron chi connectivity index (χ4n) is 4.40. The predicted octanol–water partition coefficient (Wildman–Crippen LogP) is 3.94. The van der Waals surface area contributed by atoms with Gasteiger partial charge < -0.3 is 20.7 Å². The van der Waals surface area contributed by atoms with Gasteiger partial charge in [0.2, 0.25) is 15.9 Å². The van der Waals surface area contributed by atoms with Crippen molar-refractivity contribution < 1.29 is 22.7 Å². The van der Waals surface area contributed by atoms with Crippen LogP contribution >= 0.6 is 0 Å². The summed E-state index contributed by atoms with van der Waals surface area (Å²) in [5, 5.41) is 8.02. The van der Waals surface area contributed by atoms with E-state index in [1.54, 1.807) is 36.3 Å². The van der Waals surface area contributed by atoms with E-state index in [1.165, 1.54) is 18.2 Å². The Balaban J connectivity index is 1.59. The Kier molecular flexibility index (Phi) is 10.4. The van der Waals surface area contributed by atoms with E-state index >= 15 is 0 Å². The van der Waals surface area contributed by atoms with Crippen molar-refractivity contribution in [2.24, 2.45) is 10.9 Å². The molecule has 0 aliphatic carbocycles. The predicted molar refractivity (Wildman–Crippen MR) is 167 cm³/mol. The average molecular weight is 599 g/mol. The van der Waals surface area contributed by atoms with Gasteiger partial charge in [-0.25, -0.2) is 13.6 Å². The summed E-state index contributed by atoms with van der Waals surface area (Å²) in [5.41, 5.74) is 10.2. The summed E-state index contributed by atoms with van der Waals surface area (Å²) in [4.78, 5) is 27.6. The smallest absolute Gasteiger partial charge is 0.251 e. The molecule has 0 aliphatic rings. The molecule has 0 aliphatic heterocycles. The maximum Gasteiger partial charge on any atom is 0.251 e. The van der Waals surface area contributed by atoms with Gasteiger partial charge in [-0.05, 0) is 76.4 Å². The first-order valence-electron chi connectivity index (χ1n) is 13.6. The van der Waals surface area contributed by atoms with Crippen molar-refractivity contribution in [3.05, 3.63) is 125 Å². The number of nitrogens with two attached hydrogens (primary N) is 2. The Morgan fingerprint density at radius 3 is 2.16 bits per heavy atom. The number of amides is 2. The molecule has 0 saturated heterocycles. The number of hydrogen-bond acceptors (Lipinski definition) is 6. The maximum absolute atomic E-state index is 13.5. The van der Waals surface area contributed by atoms with Crippen LogP contribution in [0.4, 0.5) is 0 Å². The van der Waals surface area contributed by atoms with E-state index in [1.807, 2.05) is 66.7 Å². The molecule has 0 atom stereocenters. The van der Waals surface area contributed by atoms with Crippen LogP contribution in [-0.4, -0.2) is 45.3 Å². The molecule has 0 fully saturated rings. The lowest BCUT2D eigenvalue weighted by molar-refractivity contribution is -0.127. The van der Waals surface area contributed by atoms with Gasteiger partial charge in [0.1, 0.15) is 5.75 Å². The lowest BCUT2D eigenvalue weighted by Gasteiger charge is -2.22. The fraction of sp³-hybridized carbons (Fsp3) is 0.152. The van der Waals surface area contributed by atoms with Crippen molar-refractivity contribution in [1.82, 2.24) is 10.2 Å². The summed E-state index contributed by atoms with van der Waals surface area (Å²) in [5.74, 6) is 0.294. The lowest BCUT2D eigenvalue weighted by Crippen LogP contribution is -2.29. The molecule has 4 rings (SSSR count). The molecule has 0 radical (unpaired) electrons. The summed E-state index contributed by atoms with van der Waals surface area (Å²) in [6.07, 6.45) is 3.24. The molecule has 0 heterocycles. The van der Waals surface area contributed by atoms with E-state index in [4.69, 9.17) is 15.6 Å². The zero-order valence-electron chi connectivity index (χ0n) is 23.8. The second kappa shape index (κ2) is 14.4. The van der Waals surface area contributed by atoms with Gasteiger partial charge in [-0.2, -0.15) is 0 Å². The van der Waals surface area contributed by atoms with Crippen LogP contribution in [0.3, 0.4) is 0 Å². The van der Waals surface area contributed by atoms with Crippen LogP contribution in [-0.2, 0) is 27.9 Å². The van der Waals surface area contributed by atoms with Crippen molar-refractivity contribution >= 4 is 27.9 Å². The molecule has 4 aromatic rings. The molecule has 9 nitrogen and oxygen atoms in total. The van der Waals surface area contributed by atoms with Crippen molar-refractivity contribution in [2.45, 2.75) is 18.0 Å². The minimum atomic E-state index is -3.83. The van der Waals surface area contributed by atoms with Crippen LogP contribution < -0.4 is 20.9 Å². The highest BCUT2D eigenvalue weighted by atomic mass is 32.2. The summed E-state index contributed by atoms with van der Waals surface area (Å²) in [6, 6.07) is 28.6. The van der Waals surface area contributed by atoms with Gasteiger partial charge in [-0.3, -0.25) is 9.59 Å². The summed E-state index contributed by atoms with van der Waals surface area (Å²) in [6.45, 7) is 1.26. The molecule has 2 amide bonds. The van der Waals surface area contributed by atoms with Gasteiger partial charge in [-0.15, -0.1) is 0 Å². The molecule has 0 unspecified atom stereocenters. The number of hydrogen-bond donors (Lipinski definition) is 3. The number of rotatable bonds is 12. The summed E-state index contributed by atoms with van der Waals surface area (Å²) >= 11 is 0. The molecule has 0 aromatic heterocycles. The van der Waals surface area contributed by atoms with E-state index < -0.39 is 10.0 Å². The molecule has 0 saturated carbocycles. The van der Waals surface area contributed by atoms with Crippen LogP contribution in [0.25, 0.3) is 17.2 Å². The van der Waals surface area contributed by atoms with Crippen LogP contribution in [0, 0.1) is 0 Å². The number of nitrogens with one attached hydrogen (secondary N) is 1. The van der Waals surface area contributed by atoms with E-state index in [0.29, 0.717) is 18.7 Å². The molecule has 10 heteroatoms. The summed E-state index contributed by atoms with van der Waals surface area (Å²) in [7, 11) is -2.24. The van der Waals surface area contributed by atoms with Crippen molar-refractivity contribution in [2.75, 3.05) is 20.2 Å². The minimum absolute atomic E-state index is 0.000156. The first-order chi connectivity index (χ1) is 20.7. The van der Waals surface area contributed by atoms with Crippen LogP contribution in [0.5, 0.6) is 5.75 Å². The average Bonchev–Trinajstić information content (AvgIpc) is 3.02. The normalized spacial score (nSPS) is 11.3. The molecule has 43 heavy (non-hydrogen) atoms. The second-order valence-electron chi connectivity index (χ2n) is 9.82. The first-order valence-corrected chi connectivity index (χ1v) is 15.1. The largest absolute Gasteiger partial charge is 0.497 e. The van der Waals surface area contributed by atoms with Gasteiger partial charge in [0, 0.05) is 37.8 Å². The van der Waals surface area contributed by atoms with Crippen LogP contribution in [0.1, 0.15) is 27.0 Å². The quantitative estimate of drug-likeness (QED) is 0.211. The Bertz CT molecular complexity index is 1700. The van der Waals surface area contributed by atoms with Crippen molar-refractivity contribution in [1.29, 1.82) is 0 Å². The Morgan fingerprint density at radius 2 is 1.51 bits per heavy atom. The van der Waals surface area contributed by atoms with E-state index in [0.717, 1.165) is 33.6 Å². The van der Waals surface area contributed by atoms with Crippen molar-refractivity contribution in [3.63, 3.8) is 0 Å². The van der Waals surface area contributed by atoms with Gasteiger partial charge in [0.05, 0.1) is 12.0 Å². The van der Waals surface area contributed by atoms with Crippen molar-refractivity contribution in [3.8, 4) is 16.9 Å². The van der Waals surface area contributed by atoms with Gasteiger partial charge in [-0.1, -0.05) is 54.6 Å². The number of carbonyl (C=O) groups excluding carboxylic acids is 2. The van der Waals surface area contributed by atoms with E-state index in [2.05, 4.69) is 5.32 Å². The summed E-state index contributed by atoms with van der Waals surface area (Å²) < 4.78 is 28.6. The molecule has 222 valence electrons. The van der Waals surface area contributed by atoms with Gasteiger partial charge >= 0.3 is 0 Å². The molecule has 5 N–H and O–H groups in total. The van der Waals surface area contributed by atoms with E-state index in [-0.39, 0.29) is 29.8 Å². The maximum atomic E-state index is 13.5. The SMILES string of the molecule is COc1ccc(/C=C/C(=O)N(Cc2ccc(S(N)(=O)=O)cc2)Cc2cccc(-c3cccc(C(=O)NCCN)c3)c2)cc1. The topological polar surface area (TPSA) is 145 Å². The Labute approximate surface area is 251 Å². The molecule has 4 aromatic carbocycles. The standard InChI is InChI=1S/C33H34N4O5S/c1-42-30-13-8-24(9-14-30)12-17-32(38)37(22-25-10-15-31(16-11-25)43(35,40)41)23-26-4-2-5-27(20-26)28-6-3-7-29(21-28)33(39)36-19-18-34/h2-17,20-21H,18-19,22-23,34H2,1H3,(H,36,39)(H2,35,40,41)/b17-12+. The molecule has 0 bridgehead atoms. The number of carbonyl (C=O) groups is 2. The van der Waals surface area contributed by atoms with Gasteiger partial charge in [0.25, 0.3) is 5.91 Å². The molecule has 0 spiro atoms. The zero-order chi connectivity index (χ0) is 30.8. The monoisotopic (exact) mass is 598 g/mol. The minimum Gasteiger partial charge on any atom is -0.497 e. The highest BCUT2D eigenvalue weighted by Crippen LogP contribution is 2.23. The van der Waals surface area contributed by atoms with Crippen LogP contribution in [0.2, 0.25) is 0 Å². The van der Waals surface area contributed by atoms with Crippen LogP contribution in [0.15, 0.2) is 108 Å². The first kappa shape index (κ1) is 31.2. The number of benzene rings is 4. The third kappa shape index (κ3) is 8.86.